The molecule has 10 heteroatoms. The van der Waals surface area contributed by atoms with E-state index < -0.39 is 11.7 Å². The molecule has 40 heavy (non-hydrogen) atoms. The number of nitrogens with one attached hydrogen (secondary N) is 2. The van der Waals surface area contributed by atoms with Gasteiger partial charge >= 0.3 is 0 Å². The SMILES string of the molecule is COc1c(NSC)cc(C(C)(C)C)cc1NC(=O)C(=O)c1ccc(OCCN(CCO)CCO)c2ccccc12. The summed E-state index contributed by atoms with van der Waals surface area (Å²) < 4.78 is 14.8. The predicted molar refractivity (Wildman–Crippen MR) is 162 cm³/mol. The first-order valence-electron chi connectivity index (χ1n) is 13.1. The highest BCUT2D eigenvalue weighted by atomic mass is 32.2. The number of anilines is 2. The molecule has 3 aromatic rings. The van der Waals surface area contributed by atoms with Crippen LogP contribution in [0.1, 0.15) is 36.7 Å². The number of hydrogen-bond donors (Lipinski definition) is 4. The molecule has 0 aliphatic carbocycles. The minimum absolute atomic E-state index is 0.0103. The number of hydrogen-bond acceptors (Lipinski definition) is 9. The number of nitrogens with zero attached hydrogens (tertiary/aromatic N) is 1. The number of methoxy groups -OCH3 is 1. The van der Waals surface area contributed by atoms with Crippen LogP contribution in [0.3, 0.4) is 0 Å². The van der Waals surface area contributed by atoms with Crippen molar-refractivity contribution in [3.63, 3.8) is 0 Å². The average Bonchev–Trinajstić information content (AvgIpc) is 2.92. The van der Waals surface area contributed by atoms with Gasteiger partial charge in [-0.15, -0.1) is 0 Å². The van der Waals surface area contributed by atoms with E-state index in [1.807, 2.05) is 35.4 Å². The zero-order chi connectivity index (χ0) is 29.3. The summed E-state index contributed by atoms with van der Waals surface area (Å²) in [7, 11) is 1.52. The summed E-state index contributed by atoms with van der Waals surface area (Å²) in [5.74, 6) is -0.439. The third-order valence-electron chi connectivity index (χ3n) is 6.45. The molecule has 0 saturated heterocycles. The average molecular weight is 570 g/mol. The highest BCUT2D eigenvalue weighted by Gasteiger charge is 2.25. The van der Waals surface area contributed by atoms with Crippen molar-refractivity contribution in [2.45, 2.75) is 26.2 Å². The fraction of sp³-hybridized carbons (Fsp3) is 0.400. The van der Waals surface area contributed by atoms with Crippen molar-refractivity contribution in [1.82, 2.24) is 4.90 Å². The maximum absolute atomic E-state index is 13.4. The largest absolute Gasteiger partial charge is 0.492 e. The van der Waals surface area contributed by atoms with Crippen molar-refractivity contribution in [3.8, 4) is 11.5 Å². The van der Waals surface area contributed by atoms with Gasteiger partial charge in [-0.25, -0.2) is 0 Å². The van der Waals surface area contributed by atoms with Crippen LogP contribution in [0.4, 0.5) is 11.4 Å². The molecule has 0 unspecified atom stereocenters. The highest BCUT2D eigenvalue weighted by molar-refractivity contribution is 7.99. The number of aliphatic hydroxyl groups excluding tert-OH is 2. The number of carbonyl (C=O) groups is 2. The molecule has 0 bridgehead atoms. The Morgan fingerprint density at radius 3 is 2.20 bits per heavy atom. The van der Waals surface area contributed by atoms with Crippen molar-refractivity contribution in [2.75, 3.05) is 62.9 Å². The molecule has 216 valence electrons. The van der Waals surface area contributed by atoms with Crippen LogP contribution in [0.25, 0.3) is 10.8 Å². The number of aliphatic hydroxyl groups is 2. The number of Topliss-reactive ketones (excluding diaryl/α,β-unsaturated/α-hetero) is 1. The van der Waals surface area contributed by atoms with Crippen LogP contribution in [-0.4, -0.2) is 79.6 Å². The first kappa shape index (κ1) is 31.2. The molecule has 0 aliphatic heterocycles. The van der Waals surface area contributed by atoms with Gasteiger partial charge in [-0.1, -0.05) is 57.0 Å². The number of ether oxygens (including phenoxy) is 2. The Morgan fingerprint density at radius 1 is 0.950 bits per heavy atom. The van der Waals surface area contributed by atoms with E-state index in [0.29, 0.717) is 59.9 Å². The minimum Gasteiger partial charge on any atom is -0.492 e. The molecule has 0 fully saturated rings. The highest BCUT2D eigenvalue weighted by Crippen LogP contribution is 2.39. The molecule has 3 aromatic carbocycles. The molecule has 0 aromatic heterocycles. The van der Waals surface area contributed by atoms with Gasteiger partial charge in [-0.2, -0.15) is 0 Å². The summed E-state index contributed by atoms with van der Waals surface area (Å²) in [5, 5.41) is 22.5. The first-order valence-corrected chi connectivity index (χ1v) is 14.3. The Kier molecular flexibility index (Phi) is 11.2. The van der Waals surface area contributed by atoms with Crippen LogP contribution in [0, 0.1) is 0 Å². The Labute approximate surface area is 240 Å². The Hall–Kier alpha value is -3.31. The third-order valence-corrected chi connectivity index (χ3v) is 6.88. The number of rotatable bonds is 14. The molecule has 0 radical (unpaired) electrons. The lowest BCUT2D eigenvalue weighted by Crippen LogP contribution is -2.33. The molecule has 0 aliphatic rings. The van der Waals surface area contributed by atoms with Gasteiger partial charge in [0.15, 0.2) is 5.75 Å². The van der Waals surface area contributed by atoms with Gasteiger partial charge in [0.1, 0.15) is 12.4 Å². The summed E-state index contributed by atoms with van der Waals surface area (Å²) >= 11 is 1.40. The number of carbonyl (C=O) groups excluding carboxylic acids is 2. The number of ketones is 1. The lowest BCUT2D eigenvalue weighted by Gasteiger charge is -2.23. The maximum atomic E-state index is 13.4. The predicted octanol–water partition coefficient (Wildman–Crippen LogP) is 4.32. The Balaban J connectivity index is 1.88. The smallest absolute Gasteiger partial charge is 0.296 e. The summed E-state index contributed by atoms with van der Waals surface area (Å²) in [5.41, 5.74) is 2.13. The summed E-state index contributed by atoms with van der Waals surface area (Å²) in [6.07, 6.45) is 1.89. The lowest BCUT2D eigenvalue weighted by molar-refractivity contribution is -0.112. The summed E-state index contributed by atoms with van der Waals surface area (Å²) in [4.78, 5) is 28.6. The first-order chi connectivity index (χ1) is 19.1. The lowest BCUT2D eigenvalue weighted by atomic mass is 9.86. The Bertz CT molecular complexity index is 1320. The number of benzene rings is 3. The molecular formula is C30H39N3O6S. The molecule has 9 nitrogen and oxygen atoms in total. The summed E-state index contributed by atoms with van der Waals surface area (Å²) in [6, 6.07) is 14.4. The van der Waals surface area contributed by atoms with Crippen LogP contribution < -0.4 is 19.5 Å². The standard InChI is InChI=1S/C30H39N3O6S/c1-30(2,3)20-18-24(28(38-4)25(19-20)32-40-5)31-29(37)27(36)23-10-11-26(22-9-7-6-8-21(22)23)39-17-14-33(12-15-34)13-16-35/h6-11,18-19,32,34-35H,12-17H2,1-5H3,(H,31,37). The van der Waals surface area contributed by atoms with E-state index in [1.54, 1.807) is 24.3 Å². The van der Waals surface area contributed by atoms with Gasteiger partial charge in [-0.05, 0) is 40.6 Å². The number of fused-ring (bicyclic) bond motifs is 1. The topological polar surface area (TPSA) is 120 Å². The zero-order valence-corrected chi connectivity index (χ0v) is 24.6. The van der Waals surface area contributed by atoms with Crippen LogP contribution in [0.2, 0.25) is 0 Å². The maximum Gasteiger partial charge on any atom is 0.296 e. The van der Waals surface area contributed by atoms with E-state index in [1.165, 1.54) is 19.1 Å². The van der Waals surface area contributed by atoms with Gasteiger partial charge in [0.2, 0.25) is 0 Å². The van der Waals surface area contributed by atoms with Crippen LogP contribution in [0.15, 0.2) is 48.5 Å². The second-order valence-corrected chi connectivity index (χ2v) is 10.9. The second kappa shape index (κ2) is 14.4. The fourth-order valence-corrected chi connectivity index (χ4v) is 4.73. The van der Waals surface area contributed by atoms with Crippen molar-refractivity contribution >= 4 is 45.8 Å². The van der Waals surface area contributed by atoms with Crippen LogP contribution in [0.5, 0.6) is 11.5 Å². The van der Waals surface area contributed by atoms with Crippen LogP contribution in [-0.2, 0) is 10.2 Å². The van der Waals surface area contributed by atoms with E-state index in [9.17, 15) is 19.8 Å². The molecule has 1 amide bonds. The van der Waals surface area contributed by atoms with Crippen molar-refractivity contribution in [1.29, 1.82) is 0 Å². The van der Waals surface area contributed by atoms with E-state index in [4.69, 9.17) is 9.47 Å². The van der Waals surface area contributed by atoms with Crippen LogP contribution >= 0.6 is 11.9 Å². The van der Waals surface area contributed by atoms with E-state index >= 15 is 0 Å². The van der Waals surface area contributed by atoms with Crippen molar-refractivity contribution in [2.24, 2.45) is 0 Å². The fourth-order valence-electron chi connectivity index (χ4n) is 4.36. The van der Waals surface area contributed by atoms with Gasteiger partial charge in [-0.3, -0.25) is 14.5 Å². The van der Waals surface area contributed by atoms with E-state index in [2.05, 4.69) is 30.8 Å². The van der Waals surface area contributed by atoms with E-state index in [0.717, 1.165) is 5.56 Å². The molecular weight excluding hydrogens is 530 g/mol. The monoisotopic (exact) mass is 569 g/mol. The van der Waals surface area contributed by atoms with Gasteiger partial charge in [0.25, 0.3) is 11.7 Å². The third kappa shape index (κ3) is 7.66. The molecule has 0 saturated carbocycles. The van der Waals surface area contributed by atoms with Crippen molar-refractivity contribution in [3.05, 3.63) is 59.7 Å². The van der Waals surface area contributed by atoms with Gasteiger partial charge in [0.05, 0.1) is 31.7 Å². The number of amides is 1. The normalized spacial score (nSPS) is 11.5. The molecule has 3 rings (SSSR count). The minimum atomic E-state index is -0.776. The molecule has 4 N–H and O–H groups in total. The summed E-state index contributed by atoms with van der Waals surface area (Å²) in [6.45, 7) is 7.91. The molecule has 0 spiro atoms. The molecule has 0 atom stereocenters. The van der Waals surface area contributed by atoms with Crippen molar-refractivity contribution < 1.29 is 29.3 Å². The molecule has 0 heterocycles. The van der Waals surface area contributed by atoms with E-state index in [-0.39, 0.29) is 24.2 Å². The second-order valence-electron chi connectivity index (χ2n) is 10.2. The van der Waals surface area contributed by atoms with Gasteiger partial charge < -0.3 is 29.7 Å². The quantitative estimate of drug-likeness (QED) is 0.128. The van der Waals surface area contributed by atoms with Gasteiger partial charge in [0, 0.05) is 36.8 Å². The zero-order valence-electron chi connectivity index (χ0n) is 23.7. The Morgan fingerprint density at radius 2 is 1.60 bits per heavy atom.